The normalized spacial score (nSPS) is 15.2. The molecule has 0 radical (unpaired) electrons. The van der Waals surface area contributed by atoms with Crippen LogP contribution in [0.15, 0.2) is 16.9 Å². The Morgan fingerprint density at radius 1 is 1.60 bits per heavy atom. The van der Waals surface area contributed by atoms with E-state index in [4.69, 9.17) is 0 Å². The smallest absolute Gasteiger partial charge is 0.0632 e. The molecule has 3 nitrogen and oxygen atoms in total. The summed E-state index contributed by atoms with van der Waals surface area (Å²) in [6.45, 7) is 6.37. The highest BCUT2D eigenvalue weighted by Gasteiger charge is 2.05. The second kappa shape index (κ2) is 6.55. The fourth-order valence-electron chi connectivity index (χ4n) is 1.23. The molecule has 0 aliphatic rings. The number of hydrogen-bond donors (Lipinski definition) is 1. The molecule has 0 saturated heterocycles. The van der Waals surface area contributed by atoms with Crippen molar-refractivity contribution in [1.82, 2.24) is 15.1 Å². The molecule has 5 heteroatoms. The lowest BCUT2D eigenvalue weighted by atomic mass is 10.3. The first-order valence-electron chi connectivity index (χ1n) is 5.06. The molecular formula is C10H18BrN3S. The standard InChI is InChI=1S/C10H18BrN3S/c1-8(12-4-9(2)15-3)6-14-7-10(11)5-13-14/h5,7-9,12H,4,6H2,1-3H3/t8-,9-/m1/s1. The van der Waals surface area contributed by atoms with Gasteiger partial charge in [0, 0.05) is 24.0 Å². The number of aromatic nitrogens is 2. The van der Waals surface area contributed by atoms with Crippen LogP contribution >= 0.6 is 27.7 Å². The molecule has 0 fully saturated rings. The van der Waals surface area contributed by atoms with Crippen molar-refractivity contribution in [2.75, 3.05) is 12.8 Å². The Morgan fingerprint density at radius 2 is 2.33 bits per heavy atom. The van der Waals surface area contributed by atoms with Gasteiger partial charge in [0.15, 0.2) is 0 Å². The third-order valence-corrected chi connectivity index (χ3v) is 3.60. The van der Waals surface area contributed by atoms with E-state index in [1.54, 1.807) is 0 Å². The third-order valence-electron chi connectivity index (χ3n) is 2.22. The minimum Gasteiger partial charge on any atom is -0.311 e. The summed E-state index contributed by atoms with van der Waals surface area (Å²) in [6, 6.07) is 0.450. The molecule has 0 spiro atoms. The monoisotopic (exact) mass is 291 g/mol. The summed E-state index contributed by atoms with van der Waals surface area (Å²) in [7, 11) is 0. The zero-order chi connectivity index (χ0) is 11.3. The van der Waals surface area contributed by atoms with Crippen molar-refractivity contribution in [2.24, 2.45) is 0 Å². The van der Waals surface area contributed by atoms with Crippen molar-refractivity contribution in [3.63, 3.8) is 0 Å². The summed E-state index contributed by atoms with van der Waals surface area (Å²) >= 11 is 5.27. The van der Waals surface area contributed by atoms with Crippen LogP contribution in [0.4, 0.5) is 0 Å². The zero-order valence-corrected chi connectivity index (χ0v) is 11.8. The Morgan fingerprint density at radius 3 is 2.87 bits per heavy atom. The maximum absolute atomic E-state index is 4.23. The Balaban J connectivity index is 2.27. The van der Waals surface area contributed by atoms with E-state index < -0.39 is 0 Å². The summed E-state index contributed by atoms with van der Waals surface area (Å²) in [4.78, 5) is 0. The molecule has 1 rings (SSSR count). The SMILES string of the molecule is CS[C@H](C)CN[C@H](C)Cn1cc(Br)cn1. The number of hydrogen-bond acceptors (Lipinski definition) is 3. The number of thioether (sulfide) groups is 1. The Labute approximate surface area is 104 Å². The molecule has 0 aromatic carbocycles. The van der Waals surface area contributed by atoms with E-state index in [1.165, 1.54) is 0 Å². The van der Waals surface area contributed by atoms with Crippen molar-refractivity contribution in [3.05, 3.63) is 16.9 Å². The molecule has 1 heterocycles. The summed E-state index contributed by atoms with van der Waals surface area (Å²) in [5.74, 6) is 0. The first-order valence-corrected chi connectivity index (χ1v) is 7.14. The third kappa shape index (κ3) is 5.04. The lowest BCUT2D eigenvalue weighted by molar-refractivity contribution is 0.454. The fraction of sp³-hybridized carbons (Fsp3) is 0.700. The second-order valence-electron chi connectivity index (χ2n) is 3.74. The van der Waals surface area contributed by atoms with Crippen LogP contribution < -0.4 is 5.32 Å². The topological polar surface area (TPSA) is 29.9 Å². The fourth-order valence-corrected chi connectivity index (χ4v) is 1.82. The lowest BCUT2D eigenvalue weighted by Crippen LogP contribution is -2.34. The number of rotatable bonds is 6. The van der Waals surface area contributed by atoms with E-state index in [0.717, 1.165) is 17.6 Å². The summed E-state index contributed by atoms with van der Waals surface area (Å²) < 4.78 is 2.98. The van der Waals surface area contributed by atoms with Gasteiger partial charge in [-0.2, -0.15) is 16.9 Å². The molecule has 15 heavy (non-hydrogen) atoms. The molecule has 0 amide bonds. The van der Waals surface area contributed by atoms with Crippen LogP contribution in [0, 0.1) is 0 Å². The highest BCUT2D eigenvalue weighted by Crippen LogP contribution is 2.07. The molecule has 86 valence electrons. The molecular weight excluding hydrogens is 274 g/mol. The average molecular weight is 292 g/mol. The highest BCUT2D eigenvalue weighted by atomic mass is 79.9. The first kappa shape index (κ1) is 13.1. The largest absolute Gasteiger partial charge is 0.311 e. The highest BCUT2D eigenvalue weighted by molar-refractivity contribution is 9.10. The molecule has 0 unspecified atom stereocenters. The second-order valence-corrected chi connectivity index (χ2v) is 5.93. The summed E-state index contributed by atoms with van der Waals surface area (Å²) in [5, 5.41) is 8.39. The minimum atomic E-state index is 0.450. The van der Waals surface area contributed by atoms with E-state index in [1.807, 2.05) is 28.8 Å². The molecule has 1 aromatic heterocycles. The zero-order valence-electron chi connectivity index (χ0n) is 9.40. The van der Waals surface area contributed by atoms with Gasteiger partial charge in [-0.05, 0) is 29.1 Å². The van der Waals surface area contributed by atoms with Crippen LogP contribution in [0.2, 0.25) is 0 Å². The van der Waals surface area contributed by atoms with Crippen LogP contribution in [0.5, 0.6) is 0 Å². The maximum Gasteiger partial charge on any atom is 0.0632 e. The average Bonchev–Trinajstić information content (AvgIpc) is 2.60. The first-order chi connectivity index (χ1) is 7.11. The van der Waals surface area contributed by atoms with Crippen LogP contribution in [0.1, 0.15) is 13.8 Å². The van der Waals surface area contributed by atoms with Crippen LogP contribution in [0.3, 0.4) is 0 Å². The van der Waals surface area contributed by atoms with Crippen molar-refractivity contribution < 1.29 is 0 Å². The Hall–Kier alpha value is -0.0000000000000000555. The summed E-state index contributed by atoms with van der Waals surface area (Å²) in [5.41, 5.74) is 0. The van der Waals surface area contributed by atoms with Gasteiger partial charge >= 0.3 is 0 Å². The number of halogens is 1. The molecule has 1 aromatic rings. The van der Waals surface area contributed by atoms with Gasteiger partial charge in [-0.3, -0.25) is 4.68 Å². The van der Waals surface area contributed by atoms with E-state index in [9.17, 15) is 0 Å². The van der Waals surface area contributed by atoms with Gasteiger partial charge < -0.3 is 5.32 Å². The van der Waals surface area contributed by atoms with Crippen molar-refractivity contribution in [2.45, 2.75) is 31.7 Å². The van der Waals surface area contributed by atoms with E-state index in [2.05, 4.69) is 46.4 Å². The van der Waals surface area contributed by atoms with Crippen molar-refractivity contribution in [3.8, 4) is 0 Å². The molecule has 0 aliphatic heterocycles. The molecule has 2 atom stereocenters. The van der Waals surface area contributed by atoms with Gasteiger partial charge in [0.2, 0.25) is 0 Å². The molecule has 1 N–H and O–H groups in total. The van der Waals surface area contributed by atoms with Gasteiger partial charge in [0.05, 0.1) is 17.2 Å². The maximum atomic E-state index is 4.23. The van der Waals surface area contributed by atoms with Gasteiger partial charge in [-0.25, -0.2) is 0 Å². The van der Waals surface area contributed by atoms with Crippen molar-refractivity contribution >= 4 is 27.7 Å². The molecule has 0 saturated carbocycles. The Kier molecular flexibility index (Phi) is 5.71. The van der Waals surface area contributed by atoms with E-state index >= 15 is 0 Å². The van der Waals surface area contributed by atoms with Gasteiger partial charge in [-0.1, -0.05) is 6.92 Å². The van der Waals surface area contributed by atoms with E-state index in [-0.39, 0.29) is 0 Å². The van der Waals surface area contributed by atoms with Crippen LogP contribution in [-0.4, -0.2) is 33.9 Å². The van der Waals surface area contributed by atoms with Gasteiger partial charge in [0.1, 0.15) is 0 Å². The van der Waals surface area contributed by atoms with E-state index in [0.29, 0.717) is 11.3 Å². The minimum absolute atomic E-state index is 0.450. The molecule has 0 bridgehead atoms. The number of nitrogens with zero attached hydrogens (tertiary/aromatic N) is 2. The predicted octanol–water partition coefficient (Wildman–Crippen LogP) is 2.38. The van der Waals surface area contributed by atoms with Gasteiger partial charge in [-0.15, -0.1) is 0 Å². The van der Waals surface area contributed by atoms with Crippen LogP contribution in [0.25, 0.3) is 0 Å². The van der Waals surface area contributed by atoms with Crippen LogP contribution in [-0.2, 0) is 6.54 Å². The predicted molar refractivity (Wildman–Crippen MR) is 70.4 cm³/mol. The van der Waals surface area contributed by atoms with Crippen molar-refractivity contribution in [1.29, 1.82) is 0 Å². The number of nitrogens with one attached hydrogen (secondary N) is 1. The molecule has 0 aliphatic carbocycles. The Bertz CT molecular complexity index is 290. The lowest BCUT2D eigenvalue weighted by Gasteiger charge is -2.16. The summed E-state index contributed by atoms with van der Waals surface area (Å²) in [6.07, 6.45) is 5.95. The quantitative estimate of drug-likeness (QED) is 0.873. The van der Waals surface area contributed by atoms with Gasteiger partial charge in [0.25, 0.3) is 0 Å².